The van der Waals surface area contributed by atoms with E-state index in [1.165, 1.54) is 0 Å². The van der Waals surface area contributed by atoms with Crippen LogP contribution in [-0.2, 0) is 14.3 Å². The molecular formula is C17H14Cl3F2NO3. The van der Waals surface area contributed by atoms with Crippen molar-refractivity contribution in [3.63, 3.8) is 0 Å². The Morgan fingerprint density at radius 2 is 1.77 bits per heavy atom. The van der Waals surface area contributed by atoms with Crippen LogP contribution in [0.5, 0.6) is 0 Å². The molecule has 0 aromatic heterocycles. The zero-order valence-electron chi connectivity index (χ0n) is 13.3. The Hall–Kier alpha value is -1.63. The number of anilines is 1. The van der Waals surface area contributed by atoms with Crippen LogP contribution in [0.1, 0.15) is 12.8 Å². The number of benzene rings is 1. The van der Waals surface area contributed by atoms with Gasteiger partial charge in [0, 0.05) is 6.07 Å². The van der Waals surface area contributed by atoms with Gasteiger partial charge in [0.05, 0.1) is 22.6 Å². The first-order valence-electron chi connectivity index (χ1n) is 7.56. The largest absolute Gasteiger partial charge is 0.460 e. The van der Waals surface area contributed by atoms with Gasteiger partial charge >= 0.3 is 5.97 Å². The minimum atomic E-state index is -0.905. The first-order chi connectivity index (χ1) is 12.3. The van der Waals surface area contributed by atoms with Gasteiger partial charge in [-0.3, -0.25) is 9.59 Å². The van der Waals surface area contributed by atoms with Gasteiger partial charge in [-0.1, -0.05) is 47.0 Å². The van der Waals surface area contributed by atoms with Crippen LogP contribution in [0.15, 0.2) is 39.9 Å². The minimum Gasteiger partial charge on any atom is -0.460 e. The van der Waals surface area contributed by atoms with Crippen LogP contribution in [0, 0.1) is 23.5 Å². The number of nitrogens with one attached hydrogen (secondary N) is 1. The molecule has 1 aromatic carbocycles. The highest BCUT2D eigenvalue weighted by Crippen LogP contribution is 2.29. The molecule has 9 heteroatoms. The first-order valence-corrected chi connectivity index (χ1v) is 8.70. The normalized spacial score (nSPS) is 19.0. The highest BCUT2D eigenvalue weighted by atomic mass is 35.5. The van der Waals surface area contributed by atoms with Gasteiger partial charge in [0.2, 0.25) is 5.91 Å². The van der Waals surface area contributed by atoms with E-state index in [9.17, 15) is 18.4 Å². The Kier molecular flexibility index (Phi) is 7.43. The molecule has 1 aliphatic carbocycles. The Balaban J connectivity index is 2.07. The molecule has 0 radical (unpaired) electrons. The molecule has 0 saturated heterocycles. The van der Waals surface area contributed by atoms with Crippen molar-refractivity contribution < 1.29 is 23.1 Å². The maximum Gasteiger partial charge on any atom is 0.310 e. The number of carbonyl (C=O) groups is 2. The molecule has 4 nitrogen and oxygen atoms in total. The van der Waals surface area contributed by atoms with Crippen LogP contribution in [0.25, 0.3) is 0 Å². The summed E-state index contributed by atoms with van der Waals surface area (Å²) in [7, 11) is 0. The summed E-state index contributed by atoms with van der Waals surface area (Å²) >= 11 is 16.7. The lowest BCUT2D eigenvalue weighted by molar-refractivity contribution is -0.151. The van der Waals surface area contributed by atoms with Crippen molar-refractivity contribution in [2.24, 2.45) is 11.8 Å². The van der Waals surface area contributed by atoms with Crippen molar-refractivity contribution in [1.82, 2.24) is 0 Å². The number of amides is 1. The number of carbonyl (C=O) groups excluding carboxylic acids is 2. The summed E-state index contributed by atoms with van der Waals surface area (Å²) < 4.78 is 31.5. The van der Waals surface area contributed by atoms with Gasteiger partial charge in [-0.2, -0.15) is 0 Å². The summed E-state index contributed by atoms with van der Waals surface area (Å²) in [5.41, 5.74) is -0.169. The molecule has 0 aliphatic heterocycles. The molecule has 0 bridgehead atoms. The molecule has 0 spiro atoms. The third-order valence-electron chi connectivity index (χ3n) is 3.81. The number of ether oxygens (including phenoxy) is 1. The van der Waals surface area contributed by atoms with Crippen molar-refractivity contribution in [3.05, 3.63) is 51.5 Å². The van der Waals surface area contributed by atoms with Gasteiger partial charge in [-0.15, -0.1) is 0 Å². The van der Waals surface area contributed by atoms with E-state index in [1.54, 1.807) is 12.2 Å². The molecular weight excluding hydrogens is 411 g/mol. The SMILES string of the molecule is O=C(OCC(Cl)=C(Cl)Cl)[C@H]1CC=CC[C@H]1C(=O)Nc1ccc(F)cc1F. The maximum absolute atomic E-state index is 13.7. The molecule has 1 aliphatic rings. The molecule has 140 valence electrons. The second kappa shape index (κ2) is 9.35. The number of esters is 1. The Bertz CT molecular complexity index is 764. The molecule has 0 saturated carbocycles. The van der Waals surface area contributed by atoms with Crippen LogP contribution in [0.2, 0.25) is 0 Å². The van der Waals surface area contributed by atoms with Crippen LogP contribution in [0.4, 0.5) is 14.5 Å². The smallest absolute Gasteiger partial charge is 0.310 e. The molecule has 0 heterocycles. The lowest BCUT2D eigenvalue weighted by Gasteiger charge is -2.26. The Labute approximate surface area is 163 Å². The lowest BCUT2D eigenvalue weighted by atomic mass is 9.82. The monoisotopic (exact) mass is 423 g/mol. The summed E-state index contributed by atoms with van der Waals surface area (Å²) in [6.07, 6.45) is 4.05. The van der Waals surface area contributed by atoms with E-state index in [2.05, 4.69) is 5.32 Å². The quantitative estimate of drug-likeness (QED) is 0.539. The second-order valence-electron chi connectivity index (χ2n) is 5.54. The average molecular weight is 425 g/mol. The first kappa shape index (κ1) is 20.7. The fraction of sp³-hybridized carbons (Fsp3) is 0.294. The molecule has 2 atom stereocenters. The highest BCUT2D eigenvalue weighted by molar-refractivity contribution is 6.59. The summed E-state index contributed by atoms with van der Waals surface area (Å²) in [6.45, 7) is -0.316. The molecule has 2 rings (SSSR count). The van der Waals surface area contributed by atoms with E-state index < -0.39 is 35.3 Å². The number of hydrogen-bond donors (Lipinski definition) is 1. The molecule has 1 aromatic rings. The van der Waals surface area contributed by atoms with E-state index in [-0.39, 0.29) is 34.7 Å². The van der Waals surface area contributed by atoms with Crippen molar-refractivity contribution in [1.29, 1.82) is 0 Å². The molecule has 1 amide bonds. The van der Waals surface area contributed by atoms with Crippen molar-refractivity contribution in [2.75, 3.05) is 11.9 Å². The van der Waals surface area contributed by atoms with Crippen LogP contribution in [0.3, 0.4) is 0 Å². The Morgan fingerprint density at radius 3 is 2.38 bits per heavy atom. The minimum absolute atomic E-state index is 0.0394. The zero-order chi connectivity index (χ0) is 19.3. The third kappa shape index (κ3) is 5.43. The molecule has 1 N–H and O–H groups in total. The van der Waals surface area contributed by atoms with Gasteiger partial charge in [0.15, 0.2) is 0 Å². The van der Waals surface area contributed by atoms with Gasteiger partial charge < -0.3 is 10.1 Å². The topological polar surface area (TPSA) is 55.4 Å². The summed E-state index contributed by atoms with van der Waals surface area (Å²) in [5.74, 6) is -4.43. The predicted octanol–water partition coefficient (Wildman–Crippen LogP) is 4.91. The fourth-order valence-corrected chi connectivity index (χ4v) is 2.64. The van der Waals surface area contributed by atoms with Gasteiger partial charge in [-0.05, 0) is 25.0 Å². The van der Waals surface area contributed by atoms with Gasteiger partial charge in [0.1, 0.15) is 22.7 Å². The van der Waals surface area contributed by atoms with E-state index in [0.29, 0.717) is 6.07 Å². The van der Waals surface area contributed by atoms with Crippen LogP contribution in [-0.4, -0.2) is 18.5 Å². The van der Waals surface area contributed by atoms with E-state index in [4.69, 9.17) is 39.5 Å². The number of allylic oxidation sites excluding steroid dienone is 2. The summed E-state index contributed by atoms with van der Waals surface area (Å²) in [5, 5.41) is 2.34. The van der Waals surface area contributed by atoms with Crippen LogP contribution < -0.4 is 5.32 Å². The maximum atomic E-state index is 13.7. The van der Waals surface area contributed by atoms with E-state index >= 15 is 0 Å². The van der Waals surface area contributed by atoms with Gasteiger partial charge in [-0.25, -0.2) is 8.78 Å². The highest BCUT2D eigenvalue weighted by Gasteiger charge is 2.35. The lowest BCUT2D eigenvalue weighted by Crippen LogP contribution is -2.36. The van der Waals surface area contributed by atoms with Crippen LogP contribution >= 0.6 is 34.8 Å². The van der Waals surface area contributed by atoms with Crippen molar-refractivity contribution in [2.45, 2.75) is 12.8 Å². The predicted molar refractivity (Wildman–Crippen MR) is 95.9 cm³/mol. The summed E-state index contributed by atoms with van der Waals surface area (Å²) in [4.78, 5) is 24.8. The van der Waals surface area contributed by atoms with E-state index in [0.717, 1.165) is 12.1 Å². The fourth-order valence-electron chi connectivity index (χ4n) is 2.48. The standard InChI is InChI=1S/C17H14Cl3F2NO3/c18-12(15(19)20)8-26-17(25)11-4-2-1-3-10(11)16(24)23-14-6-5-9(21)7-13(14)22/h1-2,5-7,10-11H,3-4,8H2,(H,23,24)/t10-,11+/m1/s1. The number of rotatable bonds is 5. The van der Waals surface area contributed by atoms with Crippen molar-refractivity contribution >= 4 is 52.4 Å². The third-order valence-corrected chi connectivity index (χ3v) is 4.75. The molecule has 0 fully saturated rings. The summed E-state index contributed by atoms with van der Waals surface area (Å²) in [6, 6.07) is 2.80. The number of halogens is 5. The zero-order valence-corrected chi connectivity index (χ0v) is 15.5. The number of hydrogen-bond acceptors (Lipinski definition) is 3. The Morgan fingerprint density at radius 1 is 1.12 bits per heavy atom. The molecule has 26 heavy (non-hydrogen) atoms. The van der Waals surface area contributed by atoms with Crippen molar-refractivity contribution in [3.8, 4) is 0 Å². The van der Waals surface area contributed by atoms with E-state index in [1.807, 2.05) is 0 Å². The average Bonchev–Trinajstić information content (AvgIpc) is 2.61. The second-order valence-corrected chi connectivity index (χ2v) is 6.95. The molecule has 0 unspecified atom stereocenters. The van der Waals surface area contributed by atoms with Gasteiger partial charge in [0.25, 0.3) is 0 Å².